The van der Waals surface area contributed by atoms with Crippen LogP contribution < -0.4 is 16.1 Å². The predicted octanol–water partition coefficient (Wildman–Crippen LogP) is 12.4. The Morgan fingerprint density at radius 3 is 1.91 bits per heavy atom. The number of imide groups is 1. The molecule has 0 aromatic heterocycles. The zero-order valence-electron chi connectivity index (χ0n) is 35.4. The van der Waals surface area contributed by atoms with E-state index in [1.165, 1.54) is 24.3 Å². The first-order valence-corrected chi connectivity index (χ1v) is 20.4. The first-order valence-electron chi connectivity index (χ1n) is 20.4. The SMILES string of the molecule is [C-]#[N+]c1cccc(NOC=NOCc2ccc3c(N=Nc4ccc(C(=O)c5ccc(N=Nc6c(O)ccc7cc(C(=O)NC(=O)Nc8cccc(C#N)c8)ccc67)cc5)cc4)c(O)ccc3c2)c1. The number of hydrogen-bond donors (Lipinski definition) is 5. The number of phenolic OH excluding ortho intramolecular Hbond substituents is 2. The van der Waals surface area contributed by atoms with Crippen molar-refractivity contribution in [3.05, 3.63) is 197 Å². The van der Waals surface area contributed by atoms with Crippen molar-refractivity contribution in [1.29, 1.82) is 5.26 Å². The summed E-state index contributed by atoms with van der Waals surface area (Å²) in [5.41, 5.74) is 7.46. The summed E-state index contributed by atoms with van der Waals surface area (Å²) in [4.78, 5) is 52.6. The lowest BCUT2D eigenvalue weighted by Gasteiger charge is -2.09. The van der Waals surface area contributed by atoms with E-state index in [1.54, 1.807) is 121 Å². The van der Waals surface area contributed by atoms with Crippen LogP contribution in [-0.4, -0.2) is 34.3 Å². The number of phenols is 2. The van der Waals surface area contributed by atoms with Gasteiger partial charge in [0, 0.05) is 33.2 Å². The van der Waals surface area contributed by atoms with Crippen LogP contribution in [0, 0.1) is 17.9 Å². The second-order valence-electron chi connectivity index (χ2n) is 14.6. The lowest BCUT2D eigenvalue weighted by molar-refractivity contribution is 0.0966. The Hall–Kier alpha value is -10.3. The third kappa shape index (κ3) is 10.7. The number of anilines is 2. The minimum Gasteiger partial charge on any atom is -0.506 e. The number of rotatable bonds is 14. The van der Waals surface area contributed by atoms with Crippen LogP contribution in [-0.2, 0) is 16.3 Å². The number of benzene rings is 8. The Labute approximate surface area is 386 Å². The van der Waals surface area contributed by atoms with E-state index in [1.807, 2.05) is 18.2 Å². The molecule has 0 aliphatic rings. The average molecular weight is 899 g/mol. The zero-order chi connectivity index (χ0) is 47.4. The predicted molar refractivity (Wildman–Crippen MR) is 254 cm³/mol. The summed E-state index contributed by atoms with van der Waals surface area (Å²) in [5.74, 6) is -1.13. The summed E-state index contributed by atoms with van der Waals surface area (Å²) in [6, 6.07) is 43.6. The Morgan fingerprint density at radius 2 is 1.26 bits per heavy atom. The highest BCUT2D eigenvalue weighted by atomic mass is 16.7. The van der Waals surface area contributed by atoms with Crippen LogP contribution in [0.2, 0.25) is 0 Å². The van der Waals surface area contributed by atoms with Crippen LogP contribution in [0.1, 0.15) is 37.4 Å². The summed E-state index contributed by atoms with van der Waals surface area (Å²) in [6.07, 6.45) is 1.10. The Kier molecular flexibility index (Phi) is 13.4. The van der Waals surface area contributed by atoms with E-state index in [0.717, 1.165) is 17.4 Å². The van der Waals surface area contributed by atoms with E-state index >= 15 is 0 Å². The van der Waals surface area contributed by atoms with Gasteiger partial charge in [-0.25, -0.2) is 15.1 Å². The maximum absolute atomic E-state index is 13.4. The third-order valence-corrected chi connectivity index (χ3v) is 10.1. The molecule has 8 aromatic carbocycles. The Bertz CT molecular complexity index is 3420. The number of fused-ring (bicyclic) bond motifs is 2. The van der Waals surface area contributed by atoms with Crippen LogP contribution >= 0.6 is 0 Å². The minimum absolute atomic E-state index is 0.0630. The number of ketones is 1. The van der Waals surface area contributed by atoms with Gasteiger partial charge in [0.2, 0.25) is 6.40 Å². The van der Waals surface area contributed by atoms with Crippen LogP contribution in [0.3, 0.4) is 0 Å². The summed E-state index contributed by atoms with van der Waals surface area (Å²) >= 11 is 0. The molecule has 68 heavy (non-hydrogen) atoms. The number of nitriles is 1. The molecule has 8 rings (SSSR count). The van der Waals surface area contributed by atoms with Crippen LogP contribution in [0.5, 0.6) is 11.5 Å². The number of amides is 3. The van der Waals surface area contributed by atoms with Gasteiger partial charge in [0.15, 0.2) is 11.5 Å². The van der Waals surface area contributed by atoms with Gasteiger partial charge in [-0.3, -0.25) is 14.9 Å². The number of urea groups is 1. The van der Waals surface area contributed by atoms with Gasteiger partial charge in [0.1, 0.15) is 29.5 Å². The van der Waals surface area contributed by atoms with Gasteiger partial charge in [-0.05, 0) is 126 Å². The average Bonchev–Trinajstić information content (AvgIpc) is 3.36. The van der Waals surface area contributed by atoms with E-state index in [2.05, 4.69) is 46.6 Å². The van der Waals surface area contributed by atoms with Crippen molar-refractivity contribution >= 4 is 85.5 Å². The van der Waals surface area contributed by atoms with Gasteiger partial charge in [0.05, 0.1) is 35.3 Å². The molecule has 0 radical (unpaired) electrons. The molecule has 0 atom stereocenters. The molecule has 8 aromatic rings. The summed E-state index contributed by atoms with van der Waals surface area (Å²) < 4.78 is 0. The molecule has 0 bridgehead atoms. The standard InChI is InChI=1S/C51H34N10O7/c1-53-40-5-3-7-42(27-40)61-68-30-54-67-29-32-8-20-43-35(24-32)14-22-45(62)47(43)59-57-38-16-9-33(10-17-38)49(64)34-11-18-39(19-12-34)58-60-48-44-21-13-37(26-36(44)15-23-46(48)63)50(65)56-51(66)55-41-6-2-4-31(25-41)28-52/h2-27,30,61-63H,29H2,(H2,55,56,65,66). The Morgan fingerprint density at radius 1 is 0.662 bits per heavy atom. The van der Waals surface area contributed by atoms with E-state index in [0.29, 0.717) is 61.3 Å². The van der Waals surface area contributed by atoms with E-state index in [-0.39, 0.29) is 40.8 Å². The van der Waals surface area contributed by atoms with E-state index < -0.39 is 11.9 Å². The largest absolute Gasteiger partial charge is 0.506 e. The highest BCUT2D eigenvalue weighted by Gasteiger charge is 2.15. The van der Waals surface area contributed by atoms with Crippen molar-refractivity contribution in [2.24, 2.45) is 25.6 Å². The number of oxime groups is 1. The third-order valence-electron chi connectivity index (χ3n) is 10.1. The molecule has 330 valence electrons. The highest BCUT2D eigenvalue weighted by Crippen LogP contribution is 2.38. The van der Waals surface area contributed by atoms with Crippen molar-refractivity contribution in [1.82, 2.24) is 5.32 Å². The fraction of sp³-hybridized carbons (Fsp3) is 0.0196. The maximum atomic E-state index is 13.4. The quantitative estimate of drug-likeness (QED) is 0.0174. The van der Waals surface area contributed by atoms with Gasteiger partial charge in [-0.1, -0.05) is 53.7 Å². The molecule has 0 unspecified atom stereocenters. The first kappa shape index (κ1) is 44.4. The lowest BCUT2D eigenvalue weighted by atomic mass is 10.0. The van der Waals surface area contributed by atoms with Crippen molar-refractivity contribution in [3.63, 3.8) is 0 Å². The molecule has 0 saturated carbocycles. The molecule has 5 N–H and O–H groups in total. The monoisotopic (exact) mass is 898 g/mol. The van der Waals surface area contributed by atoms with Gasteiger partial charge in [-0.2, -0.15) is 15.5 Å². The first-order chi connectivity index (χ1) is 33.1. The smallest absolute Gasteiger partial charge is 0.326 e. The number of nitrogens with one attached hydrogen (secondary N) is 3. The van der Waals surface area contributed by atoms with Gasteiger partial charge >= 0.3 is 6.03 Å². The topological polar surface area (TPSA) is 236 Å². The summed E-state index contributed by atoms with van der Waals surface area (Å²) in [7, 11) is 0. The fourth-order valence-corrected chi connectivity index (χ4v) is 6.74. The normalized spacial score (nSPS) is 11.1. The molecule has 0 aliphatic heterocycles. The van der Waals surface area contributed by atoms with Gasteiger partial charge in [0.25, 0.3) is 5.91 Å². The maximum Gasteiger partial charge on any atom is 0.326 e. The molecular formula is C51H34N10O7. The number of azo groups is 2. The number of hydrogen-bond acceptors (Lipinski definition) is 14. The number of carbonyl (C=O) groups excluding carboxylic acids is 3. The van der Waals surface area contributed by atoms with Crippen LogP contribution in [0.15, 0.2) is 183 Å². The molecule has 0 heterocycles. The fourth-order valence-electron chi connectivity index (χ4n) is 6.74. The number of carbonyl (C=O) groups is 3. The highest BCUT2D eigenvalue weighted by molar-refractivity contribution is 6.10. The van der Waals surface area contributed by atoms with Crippen LogP contribution in [0.4, 0.5) is 44.6 Å². The van der Waals surface area contributed by atoms with Crippen molar-refractivity contribution < 1.29 is 34.3 Å². The molecule has 0 saturated heterocycles. The number of nitrogens with zero attached hydrogens (tertiary/aromatic N) is 7. The second kappa shape index (κ2) is 20.5. The van der Waals surface area contributed by atoms with Crippen molar-refractivity contribution in [2.45, 2.75) is 6.61 Å². The molecule has 3 amide bonds. The lowest BCUT2D eigenvalue weighted by Crippen LogP contribution is -2.34. The summed E-state index contributed by atoms with van der Waals surface area (Å²) in [5, 5.41) is 58.6. The van der Waals surface area contributed by atoms with E-state index in [9.17, 15) is 24.6 Å². The molecular weight excluding hydrogens is 865 g/mol. The molecule has 17 nitrogen and oxygen atoms in total. The second-order valence-corrected chi connectivity index (χ2v) is 14.6. The molecule has 0 fully saturated rings. The van der Waals surface area contributed by atoms with Crippen molar-refractivity contribution in [2.75, 3.05) is 10.8 Å². The number of aromatic hydroxyl groups is 2. The summed E-state index contributed by atoms with van der Waals surface area (Å²) in [6.45, 7) is 7.23. The Balaban J connectivity index is 0.861. The molecule has 0 spiro atoms. The van der Waals surface area contributed by atoms with E-state index in [4.69, 9.17) is 21.5 Å². The minimum atomic E-state index is -0.775. The van der Waals surface area contributed by atoms with Gasteiger partial charge < -0.3 is 25.2 Å². The van der Waals surface area contributed by atoms with Gasteiger partial charge in [-0.15, -0.1) is 10.2 Å². The van der Waals surface area contributed by atoms with Crippen LogP contribution in [0.25, 0.3) is 26.4 Å². The molecule has 0 aliphatic carbocycles. The molecule has 17 heteroatoms. The van der Waals surface area contributed by atoms with Crippen molar-refractivity contribution in [3.8, 4) is 17.6 Å². The zero-order valence-corrected chi connectivity index (χ0v) is 35.4.